The van der Waals surface area contributed by atoms with Gasteiger partial charge in [0.2, 0.25) is 0 Å². The second-order valence-electron chi connectivity index (χ2n) is 5.47. The number of nitrogens with one attached hydrogen (secondary N) is 1. The Morgan fingerprint density at radius 1 is 1.10 bits per heavy atom. The van der Waals surface area contributed by atoms with Gasteiger partial charge in [-0.1, -0.05) is 56.0 Å². The van der Waals surface area contributed by atoms with Crippen LogP contribution in [0.2, 0.25) is 0 Å². The number of hydrogen-bond acceptors (Lipinski definition) is 4. The van der Waals surface area contributed by atoms with E-state index in [0.29, 0.717) is 12.8 Å². The van der Waals surface area contributed by atoms with Crippen LogP contribution in [0.3, 0.4) is 0 Å². The molecule has 0 atom stereocenters. The summed E-state index contributed by atoms with van der Waals surface area (Å²) in [6.45, 7) is 0.121. The number of aliphatic carboxylic acids is 1. The van der Waals surface area contributed by atoms with Crippen molar-refractivity contribution in [2.45, 2.75) is 50.7 Å². The highest BCUT2D eigenvalue weighted by atomic mass is 16.5. The Morgan fingerprint density at radius 3 is 2.29 bits per heavy atom. The molecule has 0 saturated heterocycles. The van der Waals surface area contributed by atoms with E-state index in [9.17, 15) is 14.7 Å². The summed E-state index contributed by atoms with van der Waals surface area (Å²) < 4.78 is 5.11. The van der Waals surface area contributed by atoms with E-state index >= 15 is 0 Å². The van der Waals surface area contributed by atoms with Crippen molar-refractivity contribution in [1.82, 2.24) is 5.32 Å². The van der Waals surface area contributed by atoms with Gasteiger partial charge >= 0.3 is 6.09 Å². The summed E-state index contributed by atoms with van der Waals surface area (Å²) in [6, 6.07) is 9.26. The van der Waals surface area contributed by atoms with Crippen LogP contribution in [0.4, 0.5) is 4.79 Å². The molecule has 1 aliphatic rings. The van der Waals surface area contributed by atoms with E-state index in [1.807, 2.05) is 30.3 Å². The van der Waals surface area contributed by atoms with Gasteiger partial charge in [0, 0.05) is 0 Å². The number of ether oxygens (including phenoxy) is 1. The van der Waals surface area contributed by atoms with Crippen LogP contribution >= 0.6 is 0 Å². The maximum atomic E-state index is 11.9. The van der Waals surface area contributed by atoms with Crippen LogP contribution in [0.5, 0.6) is 0 Å². The van der Waals surface area contributed by atoms with Crippen molar-refractivity contribution in [3.8, 4) is 0 Å². The molecule has 2 rings (SSSR count). The van der Waals surface area contributed by atoms with Gasteiger partial charge in [0.25, 0.3) is 0 Å². The highest BCUT2D eigenvalue weighted by Gasteiger charge is 2.34. The molecule has 114 valence electrons. The Hall–Kier alpha value is -2.04. The van der Waals surface area contributed by atoms with E-state index in [2.05, 4.69) is 5.32 Å². The number of benzene rings is 1. The average molecular weight is 290 g/mol. The van der Waals surface area contributed by atoms with Crippen molar-refractivity contribution in [3.05, 3.63) is 35.9 Å². The monoisotopic (exact) mass is 290 g/mol. The van der Waals surface area contributed by atoms with E-state index in [1.54, 1.807) is 0 Å². The normalized spacial score (nSPS) is 17.5. The highest BCUT2D eigenvalue weighted by Crippen LogP contribution is 2.27. The molecular weight excluding hydrogens is 270 g/mol. The lowest BCUT2D eigenvalue weighted by atomic mass is 9.90. The first-order valence-electron chi connectivity index (χ1n) is 7.33. The topological polar surface area (TPSA) is 78.5 Å². The van der Waals surface area contributed by atoms with E-state index in [4.69, 9.17) is 4.74 Å². The third-order valence-electron chi connectivity index (χ3n) is 3.90. The van der Waals surface area contributed by atoms with Crippen LogP contribution in [-0.2, 0) is 16.1 Å². The first-order chi connectivity index (χ1) is 10.1. The molecule has 0 aromatic heterocycles. The van der Waals surface area contributed by atoms with Gasteiger partial charge in [-0.3, -0.25) is 0 Å². The molecule has 1 aliphatic carbocycles. The lowest BCUT2D eigenvalue weighted by Gasteiger charge is -2.34. The lowest BCUT2D eigenvalue weighted by molar-refractivity contribution is -0.314. The van der Waals surface area contributed by atoms with Crippen LogP contribution < -0.4 is 10.4 Å². The quantitative estimate of drug-likeness (QED) is 0.857. The zero-order valence-electron chi connectivity index (χ0n) is 12.0. The Balaban J connectivity index is 1.93. The summed E-state index contributed by atoms with van der Waals surface area (Å²) in [5.74, 6) is -1.22. The number of carbonyl (C=O) groups is 2. The van der Waals surface area contributed by atoms with Gasteiger partial charge in [0.05, 0.1) is 11.5 Å². The van der Waals surface area contributed by atoms with E-state index in [1.165, 1.54) is 0 Å². The molecule has 1 saturated carbocycles. The van der Waals surface area contributed by atoms with Gasteiger partial charge in [-0.15, -0.1) is 0 Å². The Labute approximate surface area is 124 Å². The molecule has 21 heavy (non-hydrogen) atoms. The van der Waals surface area contributed by atoms with Crippen molar-refractivity contribution in [3.63, 3.8) is 0 Å². The number of carbonyl (C=O) groups excluding carboxylic acids is 2. The van der Waals surface area contributed by atoms with Crippen molar-refractivity contribution in [2.75, 3.05) is 0 Å². The second-order valence-corrected chi connectivity index (χ2v) is 5.47. The molecule has 1 aromatic rings. The summed E-state index contributed by atoms with van der Waals surface area (Å²) in [7, 11) is 0. The Kier molecular flexibility index (Phi) is 5.20. The predicted octanol–water partition coefficient (Wildman–Crippen LogP) is 1.76. The number of amides is 1. The summed E-state index contributed by atoms with van der Waals surface area (Å²) >= 11 is 0. The Bertz CT molecular complexity index is 478. The molecular formula is C16H20NO4-. The molecule has 1 fully saturated rings. The zero-order chi connectivity index (χ0) is 15.1. The van der Waals surface area contributed by atoms with Gasteiger partial charge in [-0.25, -0.2) is 4.79 Å². The van der Waals surface area contributed by atoms with Crippen LogP contribution in [0.1, 0.15) is 44.1 Å². The standard InChI is InChI=1S/C16H21NO4/c18-14(19)16(10-6-1-2-7-11-16)17-15(20)21-12-13-8-4-3-5-9-13/h3-5,8-9H,1-2,6-7,10-12H2,(H,17,20)(H,18,19)/p-1. The molecule has 5 heteroatoms. The lowest BCUT2D eigenvalue weighted by Crippen LogP contribution is -2.59. The third kappa shape index (κ3) is 4.21. The minimum Gasteiger partial charge on any atom is -0.548 e. The molecule has 0 bridgehead atoms. The van der Waals surface area contributed by atoms with Gasteiger partial charge < -0.3 is 20.0 Å². The maximum absolute atomic E-state index is 11.9. The number of alkyl carbamates (subject to hydrolysis) is 1. The largest absolute Gasteiger partial charge is 0.548 e. The molecule has 0 heterocycles. The smallest absolute Gasteiger partial charge is 0.408 e. The number of carboxylic acid groups (broad SMARTS) is 1. The second kappa shape index (κ2) is 7.11. The molecule has 0 spiro atoms. The number of carboxylic acids is 1. The van der Waals surface area contributed by atoms with Crippen molar-refractivity contribution in [2.24, 2.45) is 0 Å². The summed E-state index contributed by atoms with van der Waals surface area (Å²) in [5.41, 5.74) is -0.430. The van der Waals surface area contributed by atoms with Crippen molar-refractivity contribution < 1.29 is 19.4 Å². The highest BCUT2D eigenvalue weighted by molar-refractivity contribution is 5.83. The summed E-state index contributed by atoms with van der Waals surface area (Å²) in [6.07, 6.45) is 3.60. The van der Waals surface area contributed by atoms with Crippen LogP contribution in [0.15, 0.2) is 30.3 Å². The van der Waals surface area contributed by atoms with E-state index in [0.717, 1.165) is 31.2 Å². The number of rotatable bonds is 4. The molecule has 0 radical (unpaired) electrons. The van der Waals surface area contributed by atoms with Gasteiger partial charge in [-0.05, 0) is 18.4 Å². The van der Waals surface area contributed by atoms with Crippen LogP contribution in [-0.4, -0.2) is 17.6 Å². The fourth-order valence-electron chi connectivity index (χ4n) is 2.67. The van der Waals surface area contributed by atoms with Crippen LogP contribution in [0, 0.1) is 0 Å². The molecule has 1 amide bonds. The maximum Gasteiger partial charge on any atom is 0.408 e. The fourth-order valence-corrected chi connectivity index (χ4v) is 2.67. The van der Waals surface area contributed by atoms with E-state index in [-0.39, 0.29) is 6.61 Å². The van der Waals surface area contributed by atoms with Crippen LogP contribution in [0.25, 0.3) is 0 Å². The van der Waals surface area contributed by atoms with Crippen molar-refractivity contribution >= 4 is 12.1 Å². The van der Waals surface area contributed by atoms with Gasteiger partial charge in [0.1, 0.15) is 6.61 Å². The molecule has 0 unspecified atom stereocenters. The minimum absolute atomic E-state index is 0.121. The predicted molar refractivity (Wildman–Crippen MR) is 75.2 cm³/mol. The van der Waals surface area contributed by atoms with Gasteiger partial charge in [0.15, 0.2) is 0 Å². The fraction of sp³-hybridized carbons (Fsp3) is 0.500. The summed E-state index contributed by atoms with van der Waals surface area (Å²) in [5, 5.41) is 14.0. The third-order valence-corrected chi connectivity index (χ3v) is 3.90. The molecule has 1 aromatic carbocycles. The molecule has 0 aliphatic heterocycles. The average Bonchev–Trinajstić information content (AvgIpc) is 2.73. The zero-order valence-corrected chi connectivity index (χ0v) is 12.0. The van der Waals surface area contributed by atoms with Crippen molar-refractivity contribution in [1.29, 1.82) is 0 Å². The SMILES string of the molecule is O=C(NC1(C(=O)[O-])CCCCCC1)OCc1ccccc1. The van der Waals surface area contributed by atoms with Gasteiger partial charge in [-0.2, -0.15) is 0 Å². The Morgan fingerprint density at radius 2 is 1.71 bits per heavy atom. The number of hydrogen-bond donors (Lipinski definition) is 1. The summed E-state index contributed by atoms with van der Waals surface area (Å²) in [4.78, 5) is 23.3. The first kappa shape index (κ1) is 15.4. The van der Waals surface area contributed by atoms with E-state index < -0.39 is 17.6 Å². The molecule has 5 nitrogen and oxygen atoms in total. The first-order valence-corrected chi connectivity index (χ1v) is 7.33. The molecule has 1 N–H and O–H groups in total. The minimum atomic E-state index is -1.29.